The molecule has 114 valence electrons. The third-order valence-corrected chi connectivity index (χ3v) is 3.70. The van der Waals surface area contributed by atoms with Gasteiger partial charge >= 0.3 is 11.9 Å². The van der Waals surface area contributed by atoms with Gasteiger partial charge in [-0.05, 0) is 12.1 Å². The van der Waals surface area contributed by atoms with Crippen LogP contribution < -0.4 is 5.32 Å². The Kier molecular flexibility index (Phi) is 3.91. The van der Waals surface area contributed by atoms with Gasteiger partial charge in [-0.15, -0.1) is 0 Å². The molecule has 1 aliphatic heterocycles. The van der Waals surface area contributed by atoms with Crippen LogP contribution in [0.2, 0.25) is 0 Å². The van der Waals surface area contributed by atoms with Crippen molar-refractivity contribution < 1.29 is 32.6 Å². The molecule has 5 nitrogen and oxygen atoms in total. The highest BCUT2D eigenvalue weighted by molar-refractivity contribution is 5.90. The fourth-order valence-electron chi connectivity index (χ4n) is 2.67. The highest BCUT2D eigenvalue weighted by Gasteiger charge is 2.57. The minimum Gasteiger partial charge on any atom is -0.481 e. The van der Waals surface area contributed by atoms with Crippen LogP contribution in [0, 0.1) is 23.4 Å². The summed E-state index contributed by atoms with van der Waals surface area (Å²) in [6, 6.07) is 1.18. The molecule has 1 fully saturated rings. The molecule has 0 radical (unpaired) electrons. The molecule has 0 aromatic heterocycles. The summed E-state index contributed by atoms with van der Waals surface area (Å²) in [7, 11) is 1.03. The molecule has 2 rings (SSSR count). The number of carboxylic acids is 1. The Morgan fingerprint density at radius 3 is 2.52 bits per heavy atom. The van der Waals surface area contributed by atoms with Gasteiger partial charge in [0, 0.05) is 18.7 Å². The molecule has 1 saturated heterocycles. The van der Waals surface area contributed by atoms with Crippen molar-refractivity contribution in [3.63, 3.8) is 0 Å². The van der Waals surface area contributed by atoms with Crippen molar-refractivity contribution >= 4 is 11.9 Å². The molecule has 0 aliphatic carbocycles. The molecule has 0 saturated carbocycles. The molecule has 0 amide bonds. The lowest BCUT2D eigenvalue weighted by atomic mass is 9.71. The van der Waals surface area contributed by atoms with E-state index in [1.54, 1.807) is 0 Å². The van der Waals surface area contributed by atoms with Gasteiger partial charge < -0.3 is 15.2 Å². The van der Waals surface area contributed by atoms with Gasteiger partial charge in [-0.25, -0.2) is 13.2 Å². The third-order valence-electron chi connectivity index (χ3n) is 3.70. The molecule has 1 aromatic rings. The summed E-state index contributed by atoms with van der Waals surface area (Å²) in [5, 5.41) is 12.1. The fourth-order valence-corrected chi connectivity index (χ4v) is 2.67. The summed E-state index contributed by atoms with van der Waals surface area (Å²) in [6.07, 6.45) is 0. The zero-order chi connectivity index (χ0) is 15.8. The lowest BCUT2D eigenvalue weighted by Gasteiger charge is -2.29. The van der Waals surface area contributed by atoms with Gasteiger partial charge in [0.2, 0.25) is 0 Å². The molecule has 0 spiro atoms. The predicted molar refractivity (Wildman–Crippen MR) is 64.0 cm³/mol. The number of esters is 1. The largest absolute Gasteiger partial charge is 0.481 e. The van der Waals surface area contributed by atoms with Gasteiger partial charge in [-0.3, -0.25) is 9.59 Å². The first kappa shape index (κ1) is 15.3. The van der Waals surface area contributed by atoms with Crippen LogP contribution in [0.4, 0.5) is 13.2 Å². The standard InChI is InChI=1S/C13H12F3NO4/c1-21-11(18)6-4-17-5-13(6,12(19)20)9-7(14)2-3-8(15)10(9)16/h2-3,6,17H,4-5H2,1H3,(H,19,20). The van der Waals surface area contributed by atoms with E-state index in [0.29, 0.717) is 12.1 Å². The molecule has 21 heavy (non-hydrogen) atoms. The van der Waals surface area contributed by atoms with Gasteiger partial charge in [-0.1, -0.05) is 0 Å². The maximum absolute atomic E-state index is 14.0. The number of carbonyl (C=O) groups is 2. The number of aliphatic carboxylic acids is 1. The Bertz CT molecular complexity index is 607. The normalized spacial score (nSPS) is 24.9. The maximum Gasteiger partial charge on any atom is 0.316 e. The topological polar surface area (TPSA) is 75.6 Å². The summed E-state index contributed by atoms with van der Waals surface area (Å²) in [5.74, 6) is -8.17. The second kappa shape index (κ2) is 5.36. The van der Waals surface area contributed by atoms with Gasteiger partial charge in [0.15, 0.2) is 11.6 Å². The number of rotatable bonds is 3. The van der Waals surface area contributed by atoms with E-state index in [2.05, 4.69) is 10.1 Å². The van der Waals surface area contributed by atoms with E-state index >= 15 is 0 Å². The van der Waals surface area contributed by atoms with E-state index in [4.69, 9.17) is 0 Å². The molecular formula is C13H12F3NO4. The van der Waals surface area contributed by atoms with Crippen molar-refractivity contribution in [1.29, 1.82) is 0 Å². The van der Waals surface area contributed by atoms with Crippen LogP contribution in [0.5, 0.6) is 0 Å². The minimum atomic E-state index is -2.26. The van der Waals surface area contributed by atoms with Gasteiger partial charge in [0.25, 0.3) is 0 Å². The van der Waals surface area contributed by atoms with Crippen LogP contribution in [-0.4, -0.2) is 37.2 Å². The van der Waals surface area contributed by atoms with E-state index in [-0.39, 0.29) is 6.54 Å². The summed E-state index contributed by atoms with van der Waals surface area (Å²) in [6.45, 7) is -0.562. The molecule has 0 bridgehead atoms. The summed E-state index contributed by atoms with van der Waals surface area (Å²) in [5.41, 5.74) is -3.24. The van der Waals surface area contributed by atoms with Crippen molar-refractivity contribution in [3.05, 3.63) is 35.1 Å². The Hall–Kier alpha value is -2.09. The highest BCUT2D eigenvalue weighted by Crippen LogP contribution is 2.40. The minimum absolute atomic E-state index is 0.144. The number of benzene rings is 1. The number of methoxy groups -OCH3 is 1. The Morgan fingerprint density at radius 2 is 1.95 bits per heavy atom. The van der Waals surface area contributed by atoms with Crippen molar-refractivity contribution in [3.8, 4) is 0 Å². The average molecular weight is 303 g/mol. The number of hydrogen-bond donors (Lipinski definition) is 2. The number of carboxylic acid groups (broad SMARTS) is 1. The molecular weight excluding hydrogens is 291 g/mol. The number of halogens is 3. The van der Waals surface area contributed by atoms with E-state index in [9.17, 15) is 27.9 Å². The van der Waals surface area contributed by atoms with Gasteiger partial charge in [0.05, 0.1) is 13.0 Å². The molecule has 2 N–H and O–H groups in total. The quantitative estimate of drug-likeness (QED) is 0.639. The molecule has 8 heteroatoms. The van der Waals surface area contributed by atoms with E-state index in [0.717, 1.165) is 7.11 Å². The van der Waals surface area contributed by atoms with E-state index in [1.807, 2.05) is 0 Å². The predicted octanol–water partition coefficient (Wildman–Crippen LogP) is 0.819. The van der Waals surface area contributed by atoms with Crippen molar-refractivity contribution in [1.82, 2.24) is 5.32 Å². The molecule has 1 aromatic carbocycles. The maximum atomic E-state index is 14.0. The zero-order valence-corrected chi connectivity index (χ0v) is 11.0. The average Bonchev–Trinajstić information content (AvgIpc) is 2.88. The van der Waals surface area contributed by atoms with E-state index < -0.39 is 52.8 Å². The monoisotopic (exact) mass is 303 g/mol. The van der Waals surface area contributed by atoms with Crippen LogP contribution in [0.3, 0.4) is 0 Å². The second-order valence-corrected chi connectivity index (χ2v) is 4.70. The van der Waals surface area contributed by atoms with E-state index in [1.165, 1.54) is 0 Å². The summed E-state index contributed by atoms with van der Waals surface area (Å²) >= 11 is 0. The molecule has 1 heterocycles. The third kappa shape index (κ3) is 2.15. The second-order valence-electron chi connectivity index (χ2n) is 4.70. The van der Waals surface area contributed by atoms with Crippen molar-refractivity contribution in [2.24, 2.45) is 5.92 Å². The molecule has 2 atom stereocenters. The Labute approximate surface area is 117 Å². The highest BCUT2D eigenvalue weighted by atomic mass is 19.2. The number of ether oxygens (including phenoxy) is 1. The van der Waals surface area contributed by atoms with Gasteiger partial charge in [-0.2, -0.15) is 0 Å². The van der Waals surface area contributed by atoms with Crippen LogP contribution in [0.25, 0.3) is 0 Å². The number of carbonyl (C=O) groups excluding carboxylic acids is 1. The van der Waals surface area contributed by atoms with Crippen LogP contribution in [-0.2, 0) is 19.7 Å². The van der Waals surface area contributed by atoms with Crippen LogP contribution in [0.15, 0.2) is 12.1 Å². The lowest BCUT2D eigenvalue weighted by Crippen LogP contribution is -2.48. The lowest BCUT2D eigenvalue weighted by molar-refractivity contribution is -0.155. The van der Waals surface area contributed by atoms with Crippen molar-refractivity contribution in [2.75, 3.05) is 20.2 Å². The first-order valence-corrected chi connectivity index (χ1v) is 6.02. The fraction of sp³-hybridized carbons (Fsp3) is 0.385. The Balaban J connectivity index is 2.72. The smallest absolute Gasteiger partial charge is 0.316 e. The number of nitrogens with one attached hydrogen (secondary N) is 1. The first-order valence-electron chi connectivity index (χ1n) is 6.02. The molecule has 1 aliphatic rings. The summed E-state index contributed by atoms with van der Waals surface area (Å²) in [4.78, 5) is 23.4. The molecule has 2 unspecified atom stereocenters. The Morgan fingerprint density at radius 1 is 1.33 bits per heavy atom. The van der Waals surface area contributed by atoms with Gasteiger partial charge in [0.1, 0.15) is 11.2 Å². The SMILES string of the molecule is COC(=O)C1CNCC1(C(=O)O)c1c(F)ccc(F)c1F. The van der Waals surface area contributed by atoms with Crippen LogP contribution in [0.1, 0.15) is 5.56 Å². The van der Waals surface area contributed by atoms with Crippen molar-refractivity contribution in [2.45, 2.75) is 5.41 Å². The summed E-state index contributed by atoms with van der Waals surface area (Å²) < 4.78 is 45.9. The number of hydrogen-bond acceptors (Lipinski definition) is 4. The first-order chi connectivity index (χ1) is 9.86. The zero-order valence-electron chi connectivity index (χ0n) is 11.0. The van der Waals surface area contributed by atoms with Crippen LogP contribution >= 0.6 is 0 Å².